The van der Waals surface area contributed by atoms with E-state index in [0.717, 1.165) is 23.7 Å². The number of para-hydroxylation sites is 1. The topological polar surface area (TPSA) is 77.3 Å². The summed E-state index contributed by atoms with van der Waals surface area (Å²) in [7, 11) is 1.72. The fourth-order valence-electron chi connectivity index (χ4n) is 3.53. The monoisotopic (exact) mass is 398 g/mol. The highest BCUT2D eigenvalue weighted by atomic mass is 32.1. The maximum absolute atomic E-state index is 12.7. The van der Waals surface area contributed by atoms with Crippen LogP contribution in [0.3, 0.4) is 0 Å². The number of carbonyl (C=O) groups excluding carboxylic acids is 1. The van der Waals surface area contributed by atoms with Gasteiger partial charge in [0.05, 0.1) is 6.04 Å². The molecular weight excluding hydrogens is 376 g/mol. The molecule has 1 aliphatic heterocycles. The number of rotatable bonds is 3. The SMILES string of the molecule is CC(C)c1nc2sc(C3CCCN3C(=O)Oc3ccccc3)nc2c(=O)n1C. The third kappa shape index (κ3) is 3.28. The van der Waals surface area contributed by atoms with Gasteiger partial charge in [0.1, 0.15) is 16.6 Å². The van der Waals surface area contributed by atoms with Crippen LogP contribution < -0.4 is 10.3 Å². The quantitative estimate of drug-likeness (QED) is 0.670. The van der Waals surface area contributed by atoms with E-state index in [-0.39, 0.29) is 17.5 Å². The molecule has 146 valence electrons. The maximum atomic E-state index is 12.7. The molecule has 0 N–H and O–H groups in total. The van der Waals surface area contributed by atoms with Crippen molar-refractivity contribution in [3.8, 4) is 5.75 Å². The maximum Gasteiger partial charge on any atom is 0.415 e. The van der Waals surface area contributed by atoms with Crippen molar-refractivity contribution < 1.29 is 9.53 Å². The van der Waals surface area contributed by atoms with Crippen LogP contribution in [0, 0.1) is 0 Å². The predicted molar refractivity (Wildman–Crippen MR) is 108 cm³/mol. The lowest BCUT2D eigenvalue weighted by atomic mass is 10.2. The van der Waals surface area contributed by atoms with Gasteiger partial charge in [0.2, 0.25) is 0 Å². The van der Waals surface area contributed by atoms with Crippen molar-refractivity contribution in [1.29, 1.82) is 0 Å². The molecule has 7 nitrogen and oxygen atoms in total. The van der Waals surface area contributed by atoms with Gasteiger partial charge in [-0.3, -0.25) is 14.3 Å². The summed E-state index contributed by atoms with van der Waals surface area (Å²) in [4.78, 5) is 36.9. The number of aromatic nitrogens is 3. The average Bonchev–Trinajstić information content (AvgIpc) is 3.32. The van der Waals surface area contributed by atoms with Crippen molar-refractivity contribution in [2.45, 2.75) is 38.6 Å². The summed E-state index contributed by atoms with van der Waals surface area (Å²) in [5, 5.41) is 0.739. The molecule has 1 atom stereocenters. The van der Waals surface area contributed by atoms with E-state index in [1.54, 1.807) is 28.6 Å². The zero-order valence-corrected chi connectivity index (χ0v) is 16.9. The Balaban J connectivity index is 1.66. The molecule has 0 bridgehead atoms. The molecule has 1 unspecified atom stereocenters. The van der Waals surface area contributed by atoms with Gasteiger partial charge in [-0.05, 0) is 25.0 Å². The molecule has 1 fully saturated rings. The van der Waals surface area contributed by atoms with E-state index in [2.05, 4.69) is 9.97 Å². The molecule has 28 heavy (non-hydrogen) atoms. The lowest BCUT2D eigenvalue weighted by molar-refractivity contribution is 0.147. The number of benzene rings is 1. The standard InChI is InChI=1S/C20H22N4O3S/c1-12(2)16-22-18-15(19(25)23(16)3)21-17(28-18)14-10-7-11-24(14)20(26)27-13-8-5-4-6-9-13/h4-6,8-9,12,14H,7,10-11H2,1-3H3. The Morgan fingerprint density at radius 2 is 2.00 bits per heavy atom. The number of carbonyl (C=O) groups is 1. The molecule has 0 spiro atoms. The van der Waals surface area contributed by atoms with Gasteiger partial charge in [-0.25, -0.2) is 14.8 Å². The number of fused-ring (bicyclic) bond motifs is 1. The predicted octanol–water partition coefficient (Wildman–Crippen LogP) is 3.85. The van der Waals surface area contributed by atoms with Crippen LogP contribution in [-0.4, -0.2) is 32.1 Å². The number of hydrogen-bond acceptors (Lipinski definition) is 6. The van der Waals surface area contributed by atoms with E-state index < -0.39 is 6.09 Å². The van der Waals surface area contributed by atoms with Crippen LogP contribution in [0.15, 0.2) is 35.1 Å². The average molecular weight is 398 g/mol. The first-order valence-electron chi connectivity index (χ1n) is 9.36. The van der Waals surface area contributed by atoms with Gasteiger partial charge in [0.25, 0.3) is 5.56 Å². The fourth-order valence-corrected chi connectivity index (χ4v) is 4.62. The van der Waals surface area contributed by atoms with Gasteiger partial charge in [0, 0.05) is 19.5 Å². The zero-order valence-electron chi connectivity index (χ0n) is 16.1. The second kappa shape index (κ2) is 7.35. The Labute approximate surface area is 166 Å². The van der Waals surface area contributed by atoms with Gasteiger partial charge < -0.3 is 4.74 Å². The highest BCUT2D eigenvalue weighted by Gasteiger charge is 2.34. The molecule has 8 heteroatoms. The number of ether oxygens (including phenoxy) is 1. The smallest absolute Gasteiger partial charge is 0.410 e. The third-order valence-electron chi connectivity index (χ3n) is 4.93. The minimum atomic E-state index is -0.392. The summed E-state index contributed by atoms with van der Waals surface area (Å²) in [6.07, 6.45) is 1.27. The summed E-state index contributed by atoms with van der Waals surface area (Å²) >= 11 is 1.39. The van der Waals surface area contributed by atoms with Gasteiger partial charge in [0.15, 0.2) is 10.3 Å². The Hall–Kier alpha value is -2.74. The first kappa shape index (κ1) is 18.6. The summed E-state index contributed by atoms with van der Waals surface area (Å²) in [5.74, 6) is 1.38. The van der Waals surface area contributed by atoms with Gasteiger partial charge in [-0.15, -0.1) is 0 Å². The van der Waals surface area contributed by atoms with Crippen molar-refractivity contribution in [3.63, 3.8) is 0 Å². The van der Waals surface area contributed by atoms with Gasteiger partial charge in [-0.1, -0.05) is 43.4 Å². The Morgan fingerprint density at radius 1 is 1.25 bits per heavy atom. The molecular formula is C20H22N4O3S. The minimum Gasteiger partial charge on any atom is -0.410 e. The fraction of sp³-hybridized carbons (Fsp3) is 0.400. The van der Waals surface area contributed by atoms with Gasteiger partial charge >= 0.3 is 6.09 Å². The number of hydrogen-bond donors (Lipinski definition) is 0. The molecule has 3 aromatic rings. The van der Waals surface area contributed by atoms with Crippen LogP contribution in [0.2, 0.25) is 0 Å². The molecule has 0 saturated carbocycles. The van der Waals surface area contributed by atoms with Crippen LogP contribution in [0.25, 0.3) is 10.3 Å². The van der Waals surface area contributed by atoms with Crippen LogP contribution >= 0.6 is 11.3 Å². The van der Waals surface area contributed by atoms with E-state index >= 15 is 0 Å². The molecule has 4 rings (SSSR count). The van der Waals surface area contributed by atoms with E-state index in [1.807, 2.05) is 32.0 Å². The molecule has 1 saturated heterocycles. The van der Waals surface area contributed by atoms with Crippen molar-refractivity contribution in [2.75, 3.05) is 6.54 Å². The minimum absolute atomic E-state index is 0.136. The summed E-state index contributed by atoms with van der Waals surface area (Å²) in [5.41, 5.74) is 0.225. The van der Waals surface area contributed by atoms with Crippen LogP contribution in [-0.2, 0) is 7.05 Å². The molecule has 1 aromatic carbocycles. The first-order chi connectivity index (χ1) is 13.5. The highest BCUT2D eigenvalue weighted by Crippen LogP contribution is 2.36. The Kier molecular flexibility index (Phi) is 4.89. The Morgan fingerprint density at radius 3 is 2.71 bits per heavy atom. The van der Waals surface area contributed by atoms with Crippen LogP contribution in [0.4, 0.5) is 4.79 Å². The van der Waals surface area contributed by atoms with Gasteiger partial charge in [-0.2, -0.15) is 0 Å². The number of nitrogens with zero attached hydrogens (tertiary/aromatic N) is 4. The van der Waals surface area contributed by atoms with E-state index in [9.17, 15) is 9.59 Å². The largest absolute Gasteiger partial charge is 0.415 e. The summed E-state index contributed by atoms with van der Waals surface area (Å²) < 4.78 is 7.06. The van der Waals surface area contributed by atoms with Crippen molar-refractivity contribution in [2.24, 2.45) is 7.05 Å². The normalized spacial score (nSPS) is 16.9. The molecule has 0 radical (unpaired) electrons. The van der Waals surface area contributed by atoms with Crippen LogP contribution in [0.5, 0.6) is 5.75 Å². The molecule has 3 heterocycles. The molecule has 1 amide bonds. The van der Waals surface area contributed by atoms with Crippen molar-refractivity contribution in [3.05, 3.63) is 51.5 Å². The molecule has 0 aliphatic carbocycles. The van der Waals surface area contributed by atoms with E-state index in [0.29, 0.717) is 22.6 Å². The van der Waals surface area contributed by atoms with E-state index in [1.165, 1.54) is 11.3 Å². The van der Waals surface area contributed by atoms with E-state index in [4.69, 9.17) is 4.74 Å². The van der Waals surface area contributed by atoms with Crippen LogP contribution in [0.1, 0.15) is 49.5 Å². The molecule has 1 aliphatic rings. The lowest BCUT2D eigenvalue weighted by Gasteiger charge is -2.22. The highest BCUT2D eigenvalue weighted by molar-refractivity contribution is 7.18. The lowest BCUT2D eigenvalue weighted by Crippen LogP contribution is -2.33. The third-order valence-corrected chi connectivity index (χ3v) is 5.98. The second-order valence-electron chi connectivity index (χ2n) is 7.23. The molecule has 2 aromatic heterocycles. The first-order valence-corrected chi connectivity index (χ1v) is 10.2. The number of thiazole rings is 1. The Bertz CT molecular complexity index is 1070. The van der Waals surface area contributed by atoms with Crippen molar-refractivity contribution in [1.82, 2.24) is 19.4 Å². The van der Waals surface area contributed by atoms with Crippen molar-refractivity contribution >= 4 is 27.8 Å². The second-order valence-corrected chi connectivity index (χ2v) is 8.24. The summed E-state index contributed by atoms with van der Waals surface area (Å²) in [6.45, 7) is 4.62. The summed E-state index contributed by atoms with van der Waals surface area (Å²) in [6, 6.07) is 8.83. The zero-order chi connectivity index (χ0) is 19.8. The number of amides is 1. The number of likely N-dealkylation sites (tertiary alicyclic amines) is 1.